The van der Waals surface area contributed by atoms with Crippen molar-refractivity contribution in [2.75, 3.05) is 11.5 Å². The van der Waals surface area contributed by atoms with Crippen LogP contribution in [0.1, 0.15) is 44.6 Å². The number of nitrogens with two attached hydrogens (primary N) is 2. The zero-order valence-corrected chi connectivity index (χ0v) is 13.7. The molecule has 0 aliphatic carbocycles. The largest absolute Gasteiger partial charge is 0.383 e. The molecule has 0 saturated heterocycles. The molecule has 2 aromatic carbocycles. The van der Waals surface area contributed by atoms with Crippen LogP contribution < -0.4 is 11.5 Å². The summed E-state index contributed by atoms with van der Waals surface area (Å²) in [5.74, 6) is 0.717. The van der Waals surface area contributed by atoms with E-state index < -0.39 is 0 Å². The molecule has 0 bridgehead atoms. The SMILES string of the molecule is CCCCCCCc1cc2ccccc2c2c(N)nc(N)nc12. The number of nitrogens with zero attached hydrogens (tertiary/aromatic N) is 2. The molecule has 0 aliphatic heterocycles. The molecule has 4 heteroatoms. The second-order valence-electron chi connectivity index (χ2n) is 6.11. The van der Waals surface area contributed by atoms with Crippen molar-refractivity contribution in [3.63, 3.8) is 0 Å². The number of nitrogen functional groups attached to an aromatic ring is 2. The normalized spacial score (nSPS) is 11.3. The van der Waals surface area contributed by atoms with E-state index in [9.17, 15) is 0 Å². The van der Waals surface area contributed by atoms with E-state index in [1.807, 2.05) is 12.1 Å². The molecule has 3 rings (SSSR count). The van der Waals surface area contributed by atoms with Gasteiger partial charge in [-0.1, -0.05) is 56.9 Å². The van der Waals surface area contributed by atoms with Crippen LogP contribution in [0, 0.1) is 0 Å². The Morgan fingerprint density at radius 2 is 1.74 bits per heavy atom. The molecule has 0 radical (unpaired) electrons. The number of aromatic nitrogens is 2. The number of benzene rings is 2. The second-order valence-corrected chi connectivity index (χ2v) is 6.11. The predicted octanol–water partition coefficient (Wildman–Crippen LogP) is 4.46. The van der Waals surface area contributed by atoms with E-state index >= 15 is 0 Å². The monoisotopic (exact) mass is 308 g/mol. The highest BCUT2D eigenvalue weighted by Crippen LogP contribution is 2.32. The van der Waals surface area contributed by atoms with Crippen LogP contribution in [0.5, 0.6) is 0 Å². The van der Waals surface area contributed by atoms with Crippen LogP contribution in [0.25, 0.3) is 21.7 Å². The maximum Gasteiger partial charge on any atom is 0.222 e. The second kappa shape index (κ2) is 6.82. The quantitative estimate of drug-likeness (QED) is 0.520. The molecule has 0 aliphatic rings. The van der Waals surface area contributed by atoms with Crippen LogP contribution in [-0.4, -0.2) is 9.97 Å². The molecule has 4 nitrogen and oxygen atoms in total. The first-order valence-electron chi connectivity index (χ1n) is 8.44. The Labute approximate surface area is 136 Å². The van der Waals surface area contributed by atoms with E-state index in [1.165, 1.54) is 36.6 Å². The van der Waals surface area contributed by atoms with Gasteiger partial charge in [-0.3, -0.25) is 0 Å². The van der Waals surface area contributed by atoms with Crippen LogP contribution in [0.4, 0.5) is 11.8 Å². The van der Waals surface area contributed by atoms with Crippen LogP contribution in [0.2, 0.25) is 0 Å². The van der Waals surface area contributed by atoms with Crippen LogP contribution in [0.15, 0.2) is 30.3 Å². The third kappa shape index (κ3) is 3.21. The van der Waals surface area contributed by atoms with Crippen molar-refractivity contribution in [1.82, 2.24) is 9.97 Å². The minimum absolute atomic E-state index is 0.248. The Bertz CT molecular complexity index is 826. The van der Waals surface area contributed by atoms with Crippen molar-refractivity contribution in [3.05, 3.63) is 35.9 Å². The maximum atomic E-state index is 6.16. The van der Waals surface area contributed by atoms with Crippen LogP contribution >= 0.6 is 0 Å². The lowest BCUT2D eigenvalue weighted by Crippen LogP contribution is -2.03. The highest BCUT2D eigenvalue weighted by atomic mass is 15.0. The number of hydrogen-bond acceptors (Lipinski definition) is 4. The molecule has 4 N–H and O–H groups in total. The first kappa shape index (κ1) is 15.5. The lowest BCUT2D eigenvalue weighted by molar-refractivity contribution is 0.633. The Morgan fingerprint density at radius 3 is 2.57 bits per heavy atom. The Morgan fingerprint density at radius 1 is 0.957 bits per heavy atom. The van der Waals surface area contributed by atoms with Crippen molar-refractivity contribution in [1.29, 1.82) is 0 Å². The van der Waals surface area contributed by atoms with E-state index in [-0.39, 0.29) is 5.95 Å². The van der Waals surface area contributed by atoms with E-state index in [0.29, 0.717) is 5.82 Å². The summed E-state index contributed by atoms with van der Waals surface area (Å²) in [6.45, 7) is 2.24. The van der Waals surface area contributed by atoms with Crippen molar-refractivity contribution >= 4 is 33.4 Å². The van der Waals surface area contributed by atoms with Gasteiger partial charge in [-0.2, -0.15) is 4.98 Å². The fourth-order valence-electron chi connectivity index (χ4n) is 3.21. The highest BCUT2D eigenvalue weighted by molar-refractivity contribution is 6.12. The van der Waals surface area contributed by atoms with Crippen LogP contribution in [0.3, 0.4) is 0 Å². The molecule has 1 aromatic heterocycles. The molecule has 0 spiro atoms. The van der Waals surface area contributed by atoms with Crippen molar-refractivity contribution in [2.45, 2.75) is 45.4 Å². The lowest BCUT2D eigenvalue weighted by atomic mass is 9.97. The smallest absolute Gasteiger partial charge is 0.222 e. The van der Waals surface area contributed by atoms with Gasteiger partial charge >= 0.3 is 0 Å². The minimum Gasteiger partial charge on any atom is -0.383 e. The number of hydrogen-bond donors (Lipinski definition) is 2. The Balaban J connectivity index is 2.04. The molecule has 3 aromatic rings. The van der Waals surface area contributed by atoms with Gasteiger partial charge in [0, 0.05) is 0 Å². The number of rotatable bonds is 6. The average molecular weight is 308 g/mol. The fourth-order valence-corrected chi connectivity index (χ4v) is 3.21. The topological polar surface area (TPSA) is 77.8 Å². The van der Waals surface area contributed by atoms with Gasteiger partial charge in [0.15, 0.2) is 0 Å². The third-order valence-corrected chi connectivity index (χ3v) is 4.37. The van der Waals surface area contributed by atoms with E-state index in [2.05, 4.69) is 35.1 Å². The van der Waals surface area contributed by atoms with Gasteiger partial charge in [-0.25, -0.2) is 4.98 Å². The van der Waals surface area contributed by atoms with E-state index in [0.717, 1.165) is 29.1 Å². The lowest BCUT2D eigenvalue weighted by Gasteiger charge is -2.12. The van der Waals surface area contributed by atoms with Crippen LogP contribution in [-0.2, 0) is 6.42 Å². The summed E-state index contributed by atoms with van der Waals surface area (Å²) in [6, 6.07) is 10.5. The summed E-state index contributed by atoms with van der Waals surface area (Å²) in [5.41, 5.74) is 14.1. The predicted molar refractivity (Wildman–Crippen MR) is 98.3 cm³/mol. The molecular weight excluding hydrogens is 284 g/mol. The van der Waals surface area contributed by atoms with Gasteiger partial charge < -0.3 is 11.5 Å². The summed E-state index contributed by atoms with van der Waals surface area (Å²) >= 11 is 0. The van der Waals surface area contributed by atoms with E-state index in [1.54, 1.807) is 0 Å². The minimum atomic E-state index is 0.248. The molecule has 0 amide bonds. The molecule has 0 saturated carbocycles. The first-order chi connectivity index (χ1) is 11.2. The molecule has 0 unspecified atom stereocenters. The summed E-state index contributed by atoms with van der Waals surface area (Å²) in [5, 5.41) is 3.21. The van der Waals surface area contributed by atoms with Crippen molar-refractivity contribution in [2.24, 2.45) is 0 Å². The summed E-state index contributed by atoms with van der Waals surface area (Å²) in [6.07, 6.45) is 7.28. The maximum absolute atomic E-state index is 6.16. The molecule has 23 heavy (non-hydrogen) atoms. The number of anilines is 2. The number of unbranched alkanes of at least 4 members (excludes halogenated alkanes) is 4. The van der Waals surface area contributed by atoms with Crippen molar-refractivity contribution in [3.8, 4) is 0 Å². The first-order valence-corrected chi connectivity index (χ1v) is 8.44. The molecule has 120 valence electrons. The molecule has 1 heterocycles. The Hall–Kier alpha value is -2.36. The summed E-state index contributed by atoms with van der Waals surface area (Å²) < 4.78 is 0. The molecule has 0 atom stereocenters. The van der Waals surface area contributed by atoms with Gasteiger partial charge in [0.1, 0.15) is 5.82 Å². The molecular formula is C19H24N4. The van der Waals surface area contributed by atoms with Gasteiger partial charge in [0.25, 0.3) is 0 Å². The summed E-state index contributed by atoms with van der Waals surface area (Å²) in [4.78, 5) is 8.65. The zero-order valence-electron chi connectivity index (χ0n) is 13.7. The van der Waals surface area contributed by atoms with Gasteiger partial charge in [-0.05, 0) is 35.2 Å². The van der Waals surface area contributed by atoms with Crippen molar-refractivity contribution < 1.29 is 0 Å². The number of aryl methyl sites for hydroxylation is 1. The fraction of sp³-hybridized carbons (Fsp3) is 0.368. The zero-order chi connectivity index (χ0) is 16.2. The van der Waals surface area contributed by atoms with E-state index in [4.69, 9.17) is 11.5 Å². The standard InChI is InChI=1S/C19H24N4/c1-2-3-4-5-6-10-14-12-13-9-7-8-11-15(13)16-17(14)22-19(21)23-18(16)20/h7-9,11-12H,2-6,10H2,1H3,(H4,20,21,22,23). The van der Waals surface area contributed by atoms with Gasteiger partial charge in [0.05, 0.1) is 10.9 Å². The average Bonchev–Trinajstić information content (AvgIpc) is 2.54. The highest BCUT2D eigenvalue weighted by Gasteiger charge is 2.12. The molecule has 0 fully saturated rings. The number of fused-ring (bicyclic) bond motifs is 3. The Kier molecular flexibility index (Phi) is 4.60. The summed E-state index contributed by atoms with van der Waals surface area (Å²) in [7, 11) is 0. The van der Waals surface area contributed by atoms with Gasteiger partial charge in [-0.15, -0.1) is 0 Å². The third-order valence-electron chi connectivity index (χ3n) is 4.37. The van der Waals surface area contributed by atoms with Gasteiger partial charge in [0.2, 0.25) is 5.95 Å².